The number of benzene rings is 1. The number of carboxylic acids is 1. The molecule has 1 aromatic rings. The largest absolute Gasteiger partial charge is 0.480 e. The molecule has 1 atom stereocenters. The van der Waals surface area contributed by atoms with Crippen LogP contribution in [0, 0.1) is 17.2 Å². The third-order valence-electron chi connectivity index (χ3n) is 2.82. The molecule has 0 amide bonds. The molecular weight excluding hydrogens is 240 g/mol. The average Bonchev–Trinajstić information content (AvgIpc) is 2.40. The van der Waals surface area contributed by atoms with E-state index in [0.29, 0.717) is 19.5 Å². The molecule has 0 aliphatic heterocycles. The van der Waals surface area contributed by atoms with E-state index < -0.39 is 11.9 Å². The summed E-state index contributed by atoms with van der Waals surface area (Å²) >= 11 is 0. The minimum atomic E-state index is -1.05. The molecule has 1 unspecified atom stereocenters. The molecule has 0 saturated carbocycles. The van der Waals surface area contributed by atoms with E-state index >= 15 is 0 Å². The Morgan fingerprint density at radius 2 is 2.16 bits per heavy atom. The summed E-state index contributed by atoms with van der Waals surface area (Å²) in [5.74, 6) is -2.00. The summed E-state index contributed by atoms with van der Waals surface area (Å²) in [5, 5.41) is 17.6. The lowest BCUT2D eigenvalue weighted by Crippen LogP contribution is -2.27. The first-order chi connectivity index (χ1) is 9.17. The van der Waals surface area contributed by atoms with Gasteiger partial charge in [0.05, 0.1) is 6.07 Å². The second kappa shape index (κ2) is 8.06. The maximum Gasteiger partial charge on any atom is 0.320 e. The maximum absolute atomic E-state index is 10.8. The van der Waals surface area contributed by atoms with E-state index in [1.165, 1.54) is 0 Å². The zero-order valence-corrected chi connectivity index (χ0v) is 10.8. The van der Waals surface area contributed by atoms with Crippen molar-refractivity contribution in [3.8, 4) is 6.07 Å². The lowest BCUT2D eigenvalue weighted by molar-refractivity contribution is -0.140. The average molecular weight is 258 g/mol. The highest BCUT2D eigenvalue weighted by atomic mass is 16.4. The SMILES string of the molecule is C=CCN(CCC(C#N)C(=O)O)Cc1ccccc1. The molecule has 1 N–H and O–H groups in total. The number of rotatable bonds is 8. The van der Waals surface area contributed by atoms with E-state index in [4.69, 9.17) is 10.4 Å². The van der Waals surface area contributed by atoms with Gasteiger partial charge in [0.15, 0.2) is 0 Å². The molecule has 0 aliphatic carbocycles. The number of nitrogens with zero attached hydrogens (tertiary/aromatic N) is 2. The van der Waals surface area contributed by atoms with Gasteiger partial charge in [0.2, 0.25) is 0 Å². The smallest absolute Gasteiger partial charge is 0.320 e. The fourth-order valence-electron chi connectivity index (χ4n) is 1.81. The highest BCUT2D eigenvalue weighted by molar-refractivity contribution is 5.72. The van der Waals surface area contributed by atoms with Crippen molar-refractivity contribution in [3.05, 3.63) is 48.6 Å². The summed E-state index contributed by atoms with van der Waals surface area (Å²) in [6, 6.07) is 11.8. The lowest BCUT2D eigenvalue weighted by atomic mass is 10.1. The first kappa shape index (κ1) is 14.9. The Morgan fingerprint density at radius 1 is 1.47 bits per heavy atom. The van der Waals surface area contributed by atoms with E-state index in [-0.39, 0.29) is 0 Å². The van der Waals surface area contributed by atoms with Crippen molar-refractivity contribution >= 4 is 5.97 Å². The van der Waals surface area contributed by atoms with Gasteiger partial charge in [0.1, 0.15) is 5.92 Å². The van der Waals surface area contributed by atoms with E-state index in [9.17, 15) is 4.79 Å². The maximum atomic E-state index is 10.8. The fourth-order valence-corrected chi connectivity index (χ4v) is 1.81. The Morgan fingerprint density at radius 3 is 2.68 bits per heavy atom. The number of carbonyl (C=O) groups is 1. The van der Waals surface area contributed by atoms with Crippen LogP contribution in [0.2, 0.25) is 0 Å². The van der Waals surface area contributed by atoms with E-state index in [0.717, 1.165) is 12.1 Å². The van der Waals surface area contributed by atoms with Crippen LogP contribution in [0.4, 0.5) is 0 Å². The standard InChI is InChI=1S/C15H18N2O2/c1-2-9-17(10-8-14(11-16)15(18)19)12-13-6-4-3-5-7-13/h2-7,14H,1,8-10,12H2,(H,18,19). The topological polar surface area (TPSA) is 64.3 Å². The highest BCUT2D eigenvalue weighted by Crippen LogP contribution is 2.08. The molecule has 0 fully saturated rings. The monoisotopic (exact) mass is 258 g/mol. The molecule has 1 aromatic carbocycles. The molecule has 0 radical (unpaired) electrons. The first-order valence-corrected chi connectivity index (χ1v) is 6.17. The van der Waals surface area contributed by atoms with Gasteiger partial charge < -0.3 is 5.11 Å². The van der Waals surface area contributed by atoms with Gasteiger partial charge in [-0.25, -0.2) is 0 Å². The van der Waals surface area contributed by atoms with Crippen molar-refractivity contribution < 1.29 is 9.90 Å². The van der Waals surface area contributed by atoms with E-state index in [1.54, 1.807) is 6.08 Å². The molecule has 19 heavy (non-hydrogen) atoms. The van der Waals surface area contributed by atoms with Gasteiger partial charge in [-0.15, -0.1) is 6.58 Å². The number of aliphatic carboxylic acids is 1. The second-order valence-electron chi connectivity index (χ2n) is 4.32. The lowest BCUT2D eigenvalue weighted by Gasteiger charge is -2.21. The van der Waals surface area contributed by atoms with Gasteiger partial charge >= 0.3 is 5.97 Å². The van der Waals surface area contributed by atoms with Crippen LogP contribution in [-0.2, 0) is 11.3 Å². The quantitative estimate of drug-likeness (QED) is 0.727. The third-order valence-corrected chi connectivity index (χ3v) is 2.82. The van der Waals surface area contributed by atoms with Crippen LogP contribution >= 0.6 is 0 Å². The fraction of sp³-hybridized carbons (Fsp3) is 0.333. The Labute approximate surface area is 113 Å². The Balaban J connectivity index is 2.56. The normalized spacial score (nSPS) is 11.8. The molecule has 1 rings (SSSR count). The van der Waals surface area contributed by atoms with Gasteiger partial charge in [0.25, 0.3) is 0 Å². The molecule has 4 nitrogen and oxygen atoms in total. The van der Waals surface area contributed by atoms with Gasteiger partial charge in [-0.1, -0.05) is 36.4 Å². The molecule has 0 heterocycles. The minimum absolute atomic E-state index is 0.326. The molecule has 4 heteroatoms. The van der Waals surface area contributed by atoms with Crippen LogP contribution in [-0.4, -0.2) is 29.1 Å². The number of carboxylic acid groups (broad SMARTS) is 1. The van der Waals surface area contributed by atoms with Crippen LogP contribution in [0.5, 0.6) is 0 Å². The van der Waals surface area contributed by atoms with E-state index in [1.807, 2.05) is 36.4 Å². The number of hydrogen-bond acceptors (Lipinski definition) is 3. The van der Waals surface area contributed by atoms with Crippen LogP contribution in [0.15, 0.2) is 43.0 Å². The van der Waals surface area contributed by atoms with Crippen molar-refractivity contribution in [1.29, 1.82) is 5.26 Å². The zero-order chi connectivity index (χ0) is 14.1. The van der Waals surface area contributed by atoms with E-state index in [2.05, 4.69) is 11.5 Å². The first-order valence-electron chi connectivity index (χ1n) is 6.17. The van der Waals surface area contributed by atoms with Crippen LogP contribution < -0.4 is 0 Å². The summed E-state index contributed by atoms with van der Waals surface area (Å²) in [6.45, 7) is 5.66. The third kappa shape index (κ3) is 5.36. The van der Waals surface area contributed by atoms with Crippen molar-refractivity contribution in [3.63, 3.8) is 0 Å². The van der Waals surface area contributed by atoms with Gasteiger partial charge in [0, 0.05) is 19.6 Å². The Hall–Kier alpha value is -2.12. The number of hydrogen-bond donors (Lipinski definition) is 1. The summed E-state index contributed by atoms with van der Waals surface area (Å²) in [5.41, 5.74) is 1.16. The summed E-state index contributed by atoms with van der Waals surface area (Å²) < 4.78 is 0. The zero-order valence-electron chi connectivity index (χ0n) is 10.8. The second-order valence-corrected chi connectivity index (χ2v) is 4.32. The van der Waals surface area contributed by atoms with Gasteiger partial charge in [-0.05, 0) is 12.0 Å². The van der Waals surface area contributed by atoms with Crippen LogP contribution in [0.3, 0.4) is 0 Å². The van der Waals surface area contributed by atoms with Crippen molar-refractivity contribution in [1.82, 2.24) is 4.90 Å². The molecular formula is C15H18N2O2. The molecule has 0 saturated heterocycles. The highest BCUT2D eigenvalue weighted by Gasteiger charge is 2.17. The molecule has 0 aromatic heterocycles. The predicted octanol–water partition coefficient (Wildman–Crippen LogP) is 2.29. The predicted molar refractivity (Wildman–Crippen MR) is 73.3 cm³/mol. The van der Waals surface area contributed by atoms with Crippen LogP contribution in [0.1, 0.15) is 12.0 Å². The number of nitriles is 1. The van der Waals surface area contributed by atoms with Gasteiger partial charge in [-0.3, -0.25) is 9.69 Å². The van der Waals surface area contributed by atoms with Gasteiger partial charge in [-0.2, -0.15) is 5.26 Å². The summed E-state index contributed by atoms with van der Waals surface area (Å²) in [7, 11) is 0. The van der Waals surface area contributed by atoms with Crippen molar-refractivity contribution in [2.24, 2.45) is 5.92 Å². The minimum Gasteiger partial charge on any atom is -0.480 e. The Bertz CT molecular complexity index is 451. The molecule has 100 valence electrons. The van der Waals surface area contributed by atoms with Crippen molar-refractivity contribution in [2.45, 2.75) is 13.0 Å². The Kier molecular flexibility index (Phi) is 6.34. The van der Waals surface area contributed by atoms with Crippen molar-refractivity contribution in [2.75, 3.05) is 13.1 Å². The summed E-state index contributed by atoms with van der Waals surface area (Å²) in [4.78, 5) is 12.9. The molecule has 0 spiro atoms. The molecule has 0 bridgehead atoms. The van der Waals surface area contributed by atoms with Crippen LogP contribution in [0.25, 0.3) is 0 Å². The summed E-state index contributed by atoms with van der Waals surface area (Å²) in [6.07, 6.45) is 2.11. The molecule has 0 aliphatic rings.